The van der Waals surface area contributed by atoms with Crippen molar-refractivity contribution in [1.82, 2.24) is 5.32 Å². The summed E-state index contributed by atoms with van der Waals surface area (Å²) in [6, 6.07) is 20.2. The lowest BCUT2D eigenvalue weighted by Crippen LogP contribution is -2.28. The number of halogens is 1. The first-order chi connectivity index (χ1) is 17.7. The van der Waals surface area contributed by atoms with Crippen molar-refractivity contribution in [3.05, 3.63) is 99.6 Å². The number of aryl methyl sites for hydroxylation is 1. The predicted molar refractivity (Wildman–Crippen MR) is 152 cm³/mol. The molecule has 0 fully saturated rings. The molecule has 2 amide bonds. The highest BCUT2D eigenvalue weighted by molar-refractivity contribution is 7.85. The van der Waals surface area contributed by atoms with Gasteiger partial charge in [0, 0.05) is 22.8 Å². The lowest BCUT2D eigenvalue weighted by molar-refractivity contribution is -0.117. The topological polar surface area (TPSA) is 113 Å². The summed E-state index contributed by atoms with van der Waals surface area (Å²) < 4.78 is 30.5. The van der Waals surface area contributed by atoms with E-state index in [0.717, 1.165) is 22.3 Å². The first-order valence-corrected chi connectivity index (χ1v) is 14.2. The van der Waals surface area contributed by atoms with Crippen LogP contribution in [0.5, 0.6) is 0 Å². The molecule has 1 atom stereocenters. The Kier molecular flexibility index (Phi) is 9.35. The van der Waals surface area contributed by atoms with E-state index >= 15 is 0 Å². The van der Waals surface area contributed by atoms with Crippen LogP contribution < -0.4 is 10.6 Å². The van der Waals surface area contributed by atoms with Crippen molar-refractivity contribution in [3.63, 3.8) is 0 Å². The molecule has 1 unspecified atom stereocenters. The average molecular weight is 557 g/mol. The van der Waals surface area contributed by atoms with Gasteiger partial charge in [-0.05, 0) is 65.3 Å². The highest BCUT2D eigenvalue weighted by Crippen LogP contribution is 2.28. The van der Waals surface area contributed by atoms with Gasteiger partial charge >= 0.3 is 0 Å². The Balaban J connectivity index is 1.81. The molecule has 3 rings (SSSR count). The Morgan fingerprint density at radius 3 is 2.16 bits per heavy atom. The molecule has 0 heterocycles. The summed E-state index contributed by atoms with van der Waals surface area (Å²) in [6.07, 6.45) is 0.394. The van der Waals surface area contributed by atoms with Gasteiger partial charge in [-0.25, -0.2) is 0 Å². The van der Waals surface area contributed by atoms with Crippen LogP contribution in [0.4, 0.5) is 5.69 Å². The Hall–Kier alpha value is -3.20. The molecule has 0 aliphatic rings. The second kappa shape index (κ2) is 12.1. The summed E-state index contributed by atoms with van der Waals surface area (Å²) in [5.74, 6) is -1.70. The maximum absolute atomic E-state index is 13.5. The van der Waals surface area contributed by atoms with E-state index in [1.165, 1.54) is 0 Å². The van der Waals surface area contributed by atoms with Crippen molar-refractivity contribution < 1.29 is 22.6 Å². The molecule has 7 nitrogen and oxygen atoms in total. The molecule has 0 saturated heterocycles. The van der Waals surface area contributed by atoms with E-state index in [1.54, 1.807) is 30.3 Å². The van der Waals surface area contributed by atoms with E-state index in [4.69, 9.17) is 16.2 Å². The third-order valence-corrected chi connectivity index (χ3v) is 7.36. The molecule has 0 bridgehead atoms. The van der Waals surface area contributed by atoms with Crippen molar-refractivity contribution in [2.45, 2.75) is 45.4 Å². The molecule has 0 radical (unpaired) electrons. The Labute approximate surface area is 229 Å². The second-order valence-corrected chi connectivity index (χ2v) is 12.3. The van der Waals surface area contributed by atoms with E-state index in [1.807, 2.05) is 43.3 Å². The van der Waals surface area contributed by atoms with Crippen LogP contribution in [0.15, 0.2) is 66.7 Å². The largest absolute Gasteiger partial charge is 0.351 e. The van der Waals surface area contributed by atoms with Crippen LogP contribution >= 0.6 is 11.6 Å². The molecule has 202 valence electrons. The van der Waals surface area contributed by atoms with E-state index in [-0.39, 0.29) is 17.9 Å². The van der Waals surface area contributed by atoms with Crippen LogP contribution in [0, 0.1) is 6.92 Å². The number of amides is 2. The minimum atomic E-state index is -4.16. The lowest BCUT2D eigenvalue weighted by atomic mass is 9.84. The predicted octanol–water partition coefficient (Wildman–Crippen LogP) is 5.53. The van der Waals surface area contributed by atoms with Gasteiger partial charge in [0.2, 0.25) is 5.91 Å². The first-order valence-electron chi connectivity index (χ1n) is 12.2. The molecule has 0 spiro atoms. The van der Waals surface area contributed by atoms with Crippen LogP contribution in [0.3, 0.4) is 0 Å². The summed E-state index contributed by atoms with van der Waals surface area (Å²) in [5.41, 5.74) is 4.72. The Bertz CT molecular complexity index is 1400. The zero-order valence-corrected chi connectivity index (χ0v) is 23.5. The maximum Gasteiger partial charge on any atom is 0.266 e. The maximum atomic E-state index is 13.5. The van der Waals surface area contributed by atoms with Crippen LogP contribution in [-0.4, -0.2) is 37.1 Å². The lowest BCUT2D eigenvalue weighted by Gasteiger charge is -2.22. The van der Waals surface area contributed by atoms with Crippen molar-refractivity contribution in [1.29, 1.82) is 0 Å². The van der Waals surface area contributed by atoms with E-state index in [2.05, 4.69) is 31.4 Å². The number of carbonyl (C=O) groups is 2. The fraction of sp³-hybridized carbons (Fsp3) is 0.310. The van der Waals surface area contributed by atoms with Gasteiger partial charge in [-0.2, -0.15) is 8.42 Å². The van der Waals surface area contributed by atoms with Crippen molar-refractivity contribution in [2.24, 2.45) is 0 Å². The molecule has 0 aliphatic heterocycles. The van der Waals surface area contributed by atoms with Gasteiger partial charge in [0.05, 0.1) is 11.7 Å². The number of nitrogens with one attached hydrogen (secondary N) is 2. The Morgan fingerprint density at radius 2 is 1.61 bits per heavy atom. The average Bonchev–Trinajstić information content (AvgIpc) is 2.84. The van der Waals surface area contributed by atoms with E-state index in [9.17, 15) is 18.0 Å². The van der Waals surface area contributed by atoms with Gasteiger partial charge in [-0.1, -0.05) is 74.8 Å². The van der Waals surface area contributed by atoms with Gasteiger partial charge in [-0.15, -0.1) is 0 Å². The zero-order chi connectivity index (χ0) is 28.1. The number of carbonyl (C=O) groups excluding carboxylic acids is 2. The summed E-state index contributed by atoms with van der Waals surface area (Å²) in [4.78, 5) is 25.8. The number of anilines is 1. The molecule has 0 saturated carbocycles. The fourth-order valence-electron chi connectivity index (χ4n) is 3.90. The molecule has 3 aromatic rings. The highest BCUT2D eigenvalue weighted by atomic mass is 35.5. The van der Waals surface area contributed by atoms with Crippen molar-refractivity contribution in [3.8, 4) is 0 Å². The van der Waals surface area contributed by atoms with E-state index < -0.39 is 27.7 Å². The van der Waals surface area contributed by atoms with E-state index in [0.29, 0.717) is 22.7 Å². The van der Waals surface area contributed by atoms with Crippen molar-refractivity contribution in [2.75, 3.05) is 17.6 Å². The third kappa shape index (κ3) is 8.41. The molecule has 3 N–H and O–H groups in total. The summed E-state index contributed by atoms with van der Waals surface area (Å²) in [5, 5.41) is 6.01. The quantitative estimate of drug-likeness (QED) is 0.300. The summed E-state index contributed by atoms with van der Waals surface area (Å²) in [6.45, 7) is 8.09. The van der Waals surface area contributed by atoms with Gasteiger partial charge < -0.3 is 10.6 Å². The number of benzene rings is 3. The van der Waals surface area contributed by atoms with Crippen molar-refractivity contribution >= 4 is 39.2 Å². The van der Waals surface area contributed by atoms with Crippen LogP contribution in [0.1, 0.15) is 59.3 Å². The number of hydrogen-bond acceptors (Lipinski definition) is 4. The minimum Gasteiger partial charge on any atom is -0.351 e. The van der Waals surface area contributed by atoms with Gasteiger partial charge in [0.15, 0.2) is 0 Å². The van der Waals surface area contributed by atoms with Gasteiger partial charge in [0.1, 0.15) is 0 Å². The summed E-state index contributed by atoms with van der Waals surface area (Å²) >= 11 is 6.25. The SMILES string of the molecule is Cc1ccc(NC(=O)C(Cc2ccc(C(=O)NCCS(=O)(=O)O)cc2)c2ccc(C(C)(C)C)cc2)cc1Cl. The molecule has 0 aliphatic carbocycles. The minimum absolute atomic E-state index is 0.0211. The summed E-state index contributed by atoms with van der Waals surface area (Å²) in [7, 11) is -4.16. The van der Waals surface area contributed by atoms with Crippen LogP contribution in [-0.2, 0) is 26.7 Å². The van der Waals surface area contributed by atoms with Gasteiger partial charge in [0.25, 0.3) is 16.0 Å². The standard InChI is InChI=1S/C29H33ClN2O5S/c1-19-5-14-24(18-26(19)30)32-28(34)25(21-10-12-23(13-11-21)29(2,3)4)17-20-6-8-22(9-7-20)27(33)31-15-16-38(35,36)37/h5-14,18,25H,15-17H2,1-4H3,(H,31,33)(H,32,34)(H,35,36,37). The van der Waals surface area contributed by atoms with Crippen LogP contribution in [0.2, 0.25) is 5.02 Å². The normalized spacial score (nSPS) is 12.6. The first kappa shape index (κ1) is 29.4. The molecule has 9 heteroatoms. The fourth-order valence-corrected chi connectivity index (χ4v) is 4.44. The zero-order valence-electron chi connectivity index (χ0n) is 21.9. The van der Waals surface area contributed by atoms with Gasteiger partial charge in [-0.3, -0.25) is 14.1 Å². The smallest absolute Gasteiger partial charge is 0.266 e. The molecular formula is C29H33ClN2O5S. The third-order valence-electron chi connectivity index (χ3n) is 6.24. The molecule has 3 aromatic carbocycles. The Morgan fingerprint density at radius 1 is 0.974 bits per heavy atom. The molecular weight excluding hydrogens is 524 g/mol. The number of hydrogen-bond donors (Lipinski definition) is 3. The van der Waals surface area contributed by atoms with Crippen LogP contribution in [0.25, 0.3) is 0 Å². The molecule has 38 heavy (non-hydrogen) atoms. The monoisotopic (exact) mass is 556 g/mol. The number of rotatable bonds is 9. The second-order valence-electron chi connectivity index (χ2n) is 10.3. The molecule has 0 aromatic heterocycles. The highest BCUT2D eigenvalue weighted by Gasteiger charge is 2.23.